The van der Waals surface area contributed by atoms with Gasteiger partial charge in [-0.2, -0.15) is 5.21 Å². The highest BCUT2D eigenvalue weighted by molar-refractivity contribution is 6.31. The van der Waals surface area contributed by atoms with Crippen molar-refractivity contribution in [3.05, 3.63) is 79.6 Å². The fraction of sp³-hybridized carbons (Fsp3) is 0.261. The van der Waals surface area contributed by atoms with E-state index in [4.69, 9.17) is 11.6 Å². The number of hydrogen-bond donors (Lipinski definition) is 2. The maximum atomic E-state index is 13.9. The molecule has 1 aliphatic carbocycles. The van der Waals surface area contributed by atoms with Gasteiger partial charge in [0.15, 0.2) is 0 Å². The van der Waals surface area contributed by atoms with E-state index in [0.717, 1.165) is 22.5 Å². The van der Waals surface area contributed by atoms with Crippen LogP contribution in [0.3, 0.4) is 0 Å². The van der Waals surface area contributed by atoms with Gasteiger partial charge in [-0.15, -0.1) is 10.2 Å². The van der Waals surface area contributed by atoms with Crippen LogP contribution in [0.2, 0.25) is 5.02 Å². The third-order valence-electron chi connectivity index (χ3n) is 6.89. The summed E-state index contributed by atoms with van der Waals surface area (Å²) in [5.74, 6) is 0.0928. The third kappa shape index (κ3) is 3.12. The highest BCUT2D eigenvalue weighted by Crippen LogP contribution is 2.39. The molecule has 2 aromatic carbocycles. The number of H-pyrrole nitrogens is 1. The average molecular weight is 493 g/mol. The molecule has 0 amide bonds. The second-order valence-electron chi connectivity index (χ2n) is 8.71. The highest BCUT2D eigenvalue weighted by atomic mass is 35.5. The summed E-state index contributed by atoms with van der Waals surface area (Å²) < 4.78 is 2.67. The molecule has 12 heteroatoms. The second-order valence-corrected chi connectivity index (χ2v) is 9.12. The van der Waals surface area contributed by atoms with Crippen molar-refractivity contribution in [3.63, 3.8) is 0 Å². The average Bonchev–Trinajstić information content (AvgIpc) is 3.58. The first-order valence-corrected chi connectivity index (χ1v) is 11.4. The number of nitrogens with one attached hydrogen (secondary N) is 1. The predicted molar refractivity (Wildman–Crippen MR) is 130 cm³/mol. The zero-order chi connectivity index (χ0) is 24.4. The van der Waals surface area contributed by atoms with E-state index in [2.05, 4.69) is 20.6 Å². The third-order valence-corrected chi connectivity index (χ3v) is 7.24. The Morgan fingerprint density at radius 1 is 1.11 bits per heavy atom. The normalized spacial score (nSPS) is 18.7. The lowest BCUT2D eigenvalue weighted by atomic mass is 10.1. The molecule has 2 aliphatic rings. The van der Waals surface area contributed by atoms with Gasteiger partial charge in [0.2, 0.25) is 12.2 Å². The van der Waals surface area contributed by atoms with Crippen LogP contribution in [0.4, 0.5) is 11.4 Å². The molecule has 2 unspecified atom stereocenters. The van der Waals surface area contributed by atoms with E-state index in [1.54, 1.807) is 36.0 Å². The molecule has 0 fully saturated rings. The van der Waals surface area contributed by atoms with Crippen LogP contribution in [0.5, 0.6) is 0 Å². The standard InChI is InChI=1S/C23H21ClN8O3/c1-29-18-8-6-12(10-19(18)30(2)22(29)34)31-11-15(20-25-27-28-26-20)21(33)32(23(31)35)17-9-7-13-14(17)4-3-5-16(13)24/h3-6,8,10-11,17,22,34H,7,9H2,1-2H3,(H,25,26,27,28). The molecule has 0 spiro atoms. The van der Waals surface area contributed by atoms with Gasteiger partial charge in [-0.1, -0.05) is 23.7 Å². The molecule has 0 saturated carbocycles. The fourth-order valence-electron chi connectivity index (χ4n) is 5.07. The predicted octanol–water partition coefficient (Wildman–Crippen LogP) is 1.53. The number of fused-ring (bicyclic) bond motifs is 2. The summed E-state index contributed by atoms with van der Waals surface area (Å²) in [4.78, 5) is 30.9. The number of halogens is 1. The Kier molecular flexibility index (Phi) is 4.80. The van der Waals surface area contributed by atoms with Crippen molar-refractivity contribution in [3.8, 4) is 17.1 Å². The van der Waals surface area contributed by atoms with Crippen molar-refractivity contribution in [2.24, 2.45) is 0 Å². The summed E-state index contributed by atoms with van der Waals surface area (Å²) >= 11 is 6.40. The van der Waals surface area contributed by atoms with Crippen molar-refractivity contribution in [1.29, 1.82) is 0 Å². The maximum Gasteiger partial charge on any atom is 0.336 e. The number of hydrogen-bond acceptors (Lipinski definition) is 8. The van der Waals surface area contributed by atoms with Gasteiger partial charge in [-0.25, -0.2) is 4.79 Å². The lowest BCUT2D eigenvalue weighted by Crippen LogP contribution is -2.42. The highest BCUT2D eigenvalue weighted by Gasteiger charge is 2.32. The summed E-state index contributed by atoms with van der Waals surface area (Å²) in [5, 5.41) is 25.0. The molecule has 0 bridgehead atoms. The number of rotatable bonds is 3. The van der Waals surface area contributed by atoms with Crippen LogP contribution in [-0.4, -0.2) is 55.3 Å². The van der Waals surface area contributed by atoms with Crippen molar-refractivity contribution < 1.29 is 5.11 Å². The second kappa shape index (κ2) is 7.79. The molecule has 0 saturated heterocycles. The zero-order valence-electron chi connectivity index (χ0n) is 18.9. The summed E-state index contributed by atoms with van der Waals surface area (Å²) in [6.45, 7) is 0. The molecule has 35 heavy (non-hydrogen) atoms. The molecule has 2 aromatic heterocycles. The first kappa shape index (κ1) is 21.6. The van der Waals surface area contributed by atoms with Gasteiger partial charge in [-0.3, -0.25) is 13.9 Å². The molecule has 4 aromatic rings. The SMILES string of the molecule is CN1c2ccc(-n3cc(-c4nn[nH]n4)c(=O)n(C4CCc5c(Cl)cccc54)c3=O)cc2N(C)C1O. The number of aliphatic hydroxyl groups excluding tert-OH is 1. The molecule has 178 valence electrons. The minimum atomic E-state index is -0.819. The number of aromatic nitrogens is 6. The molecule has 2 N–H and O–H groups in total. The maximum absolute atomic E-state index is 13.9. The van der Waals surface area contributed by atoms with Crippen LogP contribution >= 0.6 is 11.6 Å². The summed E-state index contributed by atoms with van der Waals surface area (Å²) in [6, 6.07) is 10.5. The molecule has 0 radical (unpaired) electrons. The topological polar surface area (TPSA) is 125 Å². The van der Waals surface area contributed by atoms with E-state index in [1.807, 2.05) is 24.3 Å². The van der Waals surface area contributed by atoms with Crippen LogP contribution in [0.1, 0.15) is 23.6 Å². The zero-order valence-corrected chi connectivity index (χ0v) is 19.6. The molecule has 1 aliphatic heterocycles. The summed E-state index contributed by atoms with van der Waals surface area (Å²) in [7, 11) is 3.56. The van der Waals surface area contributed by atoms with E-state index in [-0.39, 0.29) is 11.4 Å². The minimum Gasteiger partial charge on any atom is -0.356 e. The Morgan fingerprint density at radius 2 is 1.91 bits per heavy atom. The van der Waals surface area contributed by atoms with Gasteiger partial charge >= 0.3 is 5.69 Å². The summed E-state index contributed by atoms with van der Waals surface area (Å²) in [6.07, 6.45) is 1.84. The Balaban J connectivity index is 1.60. The summed E-state index contributed by atoms with van der Waals surface area (Å²) in [5.41, 5.74) is 3.05. The van der Waals surface area contributed by atoms with E-state index < -0.39 is 23.6 Å². The van der Waals surface area contributed by atoms with Crippen molar-refractivity contribution in [2.75, 3.05) is 23.9 Å². The number of anilines is 2. The Morgan fingerprint density at radius 3 is 2.69 bits per heavy atom. The molecular formula is C23H21ClN8O3. The van der Waals surface area contributed by atoms with E-state index in [1.165, 1.54) is 15.3 Å². The van der Waals surface area contributed by atoms with Gasteiger partial charge in [0, 0.05) is 25.3 Å². The lowest BCUT2D eigenvalue weighted by Gasteiger charge is -2.21. The van der Waals surface area contributed by atoms with Crippen molar-refractivity contribution in [2.45, 2.75) is 25.2 Å². The molecule has 3 heterocycles. The number of aromatic amines is 1. The number of aliphatic hydroxyl groups is 1. The smallest absolute Gasteiger partial charge is 0.336 e. The van der Waals surface area contributed by atoms with E-state index in [9.17, 15) is 14.7 Å². The molecule has 6 rings (SSSR count). The number of benzene rings is 2. The molecule has 2 atom stereocenters. The van der Waals surface area contributed by atoms with Crippen molar-refractivity contribution >= 4 is 23.0 Å². The van der Waals surface area contributed by atoms with Gasteiger partial charge < -0.3 is 14.9 Å². The Labute approximate surface area is 203 Å². The largest absolute Gasteiger partial charge is 0.356 e. The van der Waals surface area contributed by atoms with Gasteiger partial charge in [-0.05, 0) is 53.4 Å². The van der Waals surface area contributed by atoms with E-state index >= 15 is 0 Å². The van der Waals surface area contributed by atoms with Crippen LogP contribution < -0.4 is 21.0 Å². The van der Waals surface area contributed by atoms with E-state index in [0.29, 0.717) is 23.6 Å². The Hall–Kier alpha value is -3.96. The number of tetrazole rings is 1. The quantitative estimate of drug-likeness (QED) is 0.441. The van der Waals surface area contributed by atoms with Crippen molar-refractivity contribution in [1.82, 2.24) is 29.8 Å². The van der Waals surface area contributed by atoms with Gasteiger partial charge in [0.25, 0.3) is 5.56 Å². The Bertz CT molecular complexity index is 1580. The van der Waals surface area contributed by atoms with Gasteiger partial charge in [0.05, 0.1) is 23.1 Å². The lowest BCUT2D eigenvalue weighted by molar-refractivity contribution is 0.183. The monoisotopic (exact) mass is 492 g/mol. The van der Waals surface area contributed by atoms with Crippen LogP contribution in [0.25, 0.3) is 17.1 Å². The first-order valence-electron chi connectivity index (χ1n) is 11.0. The molecule has 11 nitrogen and oxygen atoms in total. The fourth-order valence-corrected chi connectivity index (χ4v) is 5.34. The van der Waals surface area contributed by atoms with Crippen LogP contribution in [0.15, 0.2) is 52.2 Å². The number of nitrogens with zero attached hydrogens (tertiary/aromatic N) is 7. The molecular weight excluding hydrogens is 472 g/mol. The van der Waals surface area contributed by atoms with Crippen LogP contribution in [0, 0.1) is 0 Å². The minimum absolute atomic E-state index is 0.0928. The first-order chi connectivity index (χ1) is 16.9. The van der Waals surface area contributed by atoms with Gasteiger partial charge in [0.1, 0.15) is 5.56 Å². The van der Waals surface area contributed by atoms with Crippen LogP contribution in [-0.2, 0) is 6.42 Å².